The lowest BCUT2D eigenvalue weighted by Gasteiger charge is -2.34. The van der Waals surface area contributed by atoms with Crippen LogP contribution in [0.5, 0.6) is 0 Å². The van der Waals surface area contributed by atoms with Gasteiger partial charge in [0.1, 0.15) is 0 Å². The topological polar surface area (TPSA) is 53.7 Å². The average molecular weight is 223 g/mol. The number of anilines is 1. The third-order valence-corrected chi connectivity index (χ3v) is 2.19. The normalized spacial score (nSPS) is 11.2. The van der Waals surface area contributed by atoms with Crippen molar-refractivity contribution in [2.24, 2.45) is 0 Å². The van der Waals surface area contributed by atoms with Crippen molar-refractivity contribution in [1.29, 1.82) is 0 Å². The monoisotopic (exact) mass is 223 g/mol. The van der Waals surface area contributed by atoms with Crippen LogP contribution in [0, 0.1) is 0 Å². The molecule has 16 heavy (non-hydrogen) atoms. The van der Waals surface area contributed by atoms with E-state index in [1.165, 1.54) is 6.07 Å². The number of carbonyl (C=O) groups is 1. The summed E-state index contributed by atoms with van der Waals surface area (Å²) in [5.41, 5.74) is -0.151. The van der Waals surface area contributed by atoms with Crippen molar-refractivity contribution >= 4 is 11.9 Å². The Balaban J connectivity index is 3.02. The summed E-state index contributed by atoms with van der Waals surface area (Å²) in [5, 5.41) is 8.78. The number of furan rings is 1. The second-order valence-corrected chi connectivity index (χ2v) is 4.51. The third kappa shape index (κ3) is 2.66. The molecule has 0 radical (unpaired) electrons. The van der Waals surface area contributed by atoms with Gasteiger partial charge in [-0.15, -0.1) is 6.58 Å². The fraction of sp³-hybridized carbons (Fsp3) is 0.417. The smallest absolute Gasteiger partial charge is 0.371 e. The zero-order valence-electron chi connectivity index (χ0n) is 9.86. The number of rotatable bonds is 4. The molecule has 0 aliphatic carbocycles. The zero-order valence-corrected chi connectivity index (χ0v) is 9.86. The van der Waals surface area contributed by atoms with Crippen molar-refractivity contribution < 1.29 is 14.3 Å². The molecule has 1 aromatic rings. The van der Waals surface area contributed by atoms with E-state index in [1.54, 1.807) is 12.1 Å². The van der Waals surface area contributed by atoms with Gasteiger partial charge in [0, 0.05) is 18.2 Å². The lowest BCUT2D eigenvalue weighted by Crippen LogP contribution is -2.41. The summed E-state index contributed by atoms with van der Waals surface area (Å²) in [5.74, 6) is -0.558. The van der Waals surface area contributed by atoms with Gasteiger partial charge < -0.3 is 14.4 Å². The minimum absolute atomic E-state index is 0.0479. The van der Waals surface area contributed by atoms with E-state index in [1.807, 2.05) is 25.7 Å². The van der Waals surface area contributed by atoms with Gasteiger partial charge in [-0.2, -0.15) is 0 Å². The Labute approximate surface area is 95.2 Å². The molecular formula is C12H17NO3. The Hall–Kier alpha value is -1.71. The van der Waals surface area contributed by atoms with Crippen LogP contribution in [0.2, 0.25) is 0 Å². The number of hydrogen-bond acceptors (Lipinski definition) is 3. The first kappa shape index (κ1) is 12.4. The molecule has 88 valence electrons. The maximum Gasteiger partial charge on any atom is 0.371 e. The van der Waals surface area contributed by atoms with Crippen LogP contribution >= 0.6 is 0 Å². The number of aromatic carboxylic acids is 1. The van der Waals surface area contributed by atoms with E-state index in [2.05, 4.69) is 6.58 Å². The van der Waals surface area contributed by atoms with Gasteiger partial charge in [-0.1, -0.05) is 6.08 Å². The summed E-state index contributed by atoms with van der Waals surface area (Å²) in [7, 11) is 0. The molecule has 0 bridgehead atoms. The van der Waals surface area contributed by atoms with Crippen LogP contribution < -0.4 is 4.90 Å². The zero-order chi connectivity index (χ0) is 12.3. The highest BCUT2D eigenvalue weighted by molar-refractivity contribution is 5.84. The Morgan fingerprint density at radius 3 is 2.56 bits per heavy atom. The van der Waals surface area contributed by atoms with Crippen molar-refractivity contribution in [3.63, 3.8) is 0 Å². The van der Waals surface area contributed by atoms with Crippen LogP contribution in [0.4, 0.5) is 5.88 Å². The summed E-state index contributed by atoms with van der Waals surface area (Å²) < 4.78 is 5.26. The highest BCUT2D eigenvalue weighted by Gasteiger charge is 2.24. The second-order valence-electron chi connectivity index (χ2n) is 4.51. The molecule has 0 unspecified atom stereocenters. The molecule has 1 rings (SSSR count). The lowest BCUT2D eigenvalue weighted by molar-refractivity contribution is 0.0662. The fourth-order valence-corrected chi connectivity index (χ4v) is 1.41. The maximum absolute atomic E-state index is 10.7. The van der Waals surface area contributed by atoms with Gasteiger partial charge in [0.25, 0.3) is 0 Å². The Kier molecular flexibility index (Phi) is 3.42. The standard InChI is InChI=1S/C12H17NO3/c1-5-8-13(12(2,3)4)10-7-6-9(16-10)11(14)15/h5-7H,1,8H2,2-4H3,(H,14,15). The molecular weight excluding hydrogens is 206 g/mol. The number of carboxylic acid groups (broad SMARTS) is 1. The summed E-state index contributed by atoms with van der Waals surface area (Å²) >= 11 is 0. The van der Waals surface area contributed by atoms with Gasteiger partial charge in [-0.05, 0) is 26.8 Å². The van der Waals surface area contributed by atoms with Crippen molar-refractivity contribution in [2.75, 3.05) is 11.4 Å². The molecule has 0 aliphatic heterocycles. The highest BCUT2D eigenvalue weighted by Crippen LogP contribution is 2.25. The summed E-state index contributed by atoms with van der Waals surface area (Å²) in [4.78, 5) is 12.7. The highest BCUT2D eigenvalue weighted by atomic mass is 16.4. The first-order valence-corrected chi connectivity index (χ1v) is 5.08. The first-order chi connectivity index (χ1) is 7.36. The van der Waals surface area contributed by atoms with Gasteiger partial charge >= 0.3 is 5.97 Å². The Morgan fingerprint density at radius 2 is 2.19 bits per heavy atom. The van der Waals surface area contributed by atoms with Crippen molar-refractivity contribution in [3.05, 3.63) is 30.5 Å². The van der Waals surface area contributed by atoms with Crippen LogP contribution in [-0.4, -0.2) is 23.2 Å². The van der Waals surface area contributed by atoms with Crippen LogP contribution in [0.15, 0.2) is 29.2 Å². The first-order valence-electron chi connectivity index (χ1n) is 5.08. The van der Waals surface area contributed by atoms with Gasteiger partial charge in [0.2, 0.25) is 5.76 Å². The number of nitrogens with zero attached hydrogens (tertiary/aromatic N) is 1. The molecule has 1 aromatic heterocycles. The van der Waals surface area contributed by atoms with E-state index in [0.29, 0.717) is 12.4 Å². The number of carboxylic acids is 1. The van der Waals surface area contributed by atoms with Gasteiger partial charge in [-0.25, -0.2) is 4.79 Å². The number of hydrogen-bond donors (Lipinski definition) is 1. The van der Waals surface area contributed by atoms with Crippen molar-refractivity contribution in [2.45, 2.75) is 26.3 Å². The molecule has 0 spiro atoms. The summed E-state index contributed by atoms with van der Waals surface area (Å²) in [6.07, 6.45) is 1.76. The molecule has 0 amide bonds. The average Bonchev–Trinajstić information content (AvgIpc) is 2.60. The summed E-state index contributed by atoms with van der Waals surface area (Å²) in [6, 6.07) is 3.12. The van der Waals surface area contributed by atoms with E-state index >= 15 is 0 Å². The van der Waals surface area contributed by atoms with Crippen LogP contribution in [-0.2, 0) is 0 Å². The molecule has 0 aliphatic rings. The third-order valence-electron chi connectivity index (χ3n) is 2.19. The molecule has 4 nitrogen and oxygen atoms in total. The molecule has 0 aromatic carbocycles. The van der Waals surface area contributed by atoms with E-state index < -0.39 is 5.97 Å². The van der Waals surface area contributed by atoms with Crippen molar-refractivity contribution in [1.82, 2.24) is 0 Å². The Bertz CT molecular complexity index is 387. The van der Waals surface area contributed by atoms with Gasteiger partial charge in [0.15, 0.2) is 5.88 Å². The SMILES string of the molecule is C=CCN(c1ccc(C(=O)O)o1)C(C)(C)C. The van der Waals surface area contributed by atoms with E-state index in [4.69, 9.17) is 9.52 Å². The predicted octanol–water partition coefficient (Wildman–Crippen LogP) is 2.77. The van der Waals surface area contributed by atoms with Crippen LogP contribution in [0.25, 0.3) is 0 Å². The van der Waals surface area contributed by atoms with E-state index in [9.17, 15) is 4.79 Å². The quantitative estimate of drug-likeness (QED) is 0.797. The molecule has 1 heterocycles. The Morgan fingerprint density at radius 1 is 1.56 bits per heavy atom. The second kappa shape index (κ2) is 4.43. The molecule has 0 saturated heterocycles. The summed E-state index contributed by atoms with van der Waals surface area (Å²) in [6.45, 7) is 10.4. The predicted molar refractivity (Wildman–Crippen MR) is 63.0 cm³/mol. The van der Waals surface area contributed by atoms with Crippen LogP contribution in [0.3, 0.4) is 0 Å². The largest absolute Gasteiger partial charge is 0.475 e. The maximum atomic E-state index is 10.7. The minimum Gasteiger partial charge on any atom is -0.475 e. The molecule has 0 saturated carbocycles. The molecule has 1 N–H and O–H groups in total. The van der Waals surface area contributed by atoms with Crippen molar-refractivity contribution in [3.8, 4) is 0 Å². The lowest BCUT2D eigenvalue weighted by atomic mass is 10.1. The fourth-order valence-electron chi connectivity index (χ4n) is 1.41. The molecule has 0 atom stereocenters. The van der Waals surface area contributed by atoms with Gasteiger partial charge in [-0.3, -0.25) is 0 Å². The van der Waals surface area contributed by atoms with E-state index in [0.717, 1.165) is 0 Å². The molecule has 0 fully saturated rings. The molecule has 4 heteroatoms. The van der Waals surface area contributed by atoms with E-state index in [-0.39, 0.29) is 11.3 Å². The van der Waals surface area contributed by atoms with Gasteiger partial charge in [0.05, 0.1) is 0 Å². The van der Waals surface area contributed by atoms with Crippen LogP contribution in [0.1, 0.15) is 31.3 Å². The minimum atomic E-state index is -1.06.